The average Bonchev–Trinajstić information content (AvgIpc) is 2.02. The predicted molar refractivity (Wildman–Crippen MR) is 60.4 cm³/mol. The standard InChI is InChI=1S/C13H22N/c1-10(2)12-9-11(13(3,4)5)7-8-14(12)6/h7-10H,1-6H3/q+1. The summed E-state index contributed by atoms with van der Waals surface area (Å²) >= 11 is 0. The highest BCUT2D eigenvalue weighted by Gasteiger charge is 2.19. The van der Waals surface area contributed by atoms with E-state index in [0.29, 0.717) is 5.92 Å². The van der Waals surface area contributed by atoms with Gasteiger partial charge in [-0.15, -0.1) is 0 Å². The Morgan fingerprint density at radius 2 is 1.79 bits per heavy atom. The Labute approximate surface area is 87.8 Å². The number of hydrogen-bond donors (Lipinski definition) is 0. The second kappa shape index (κ2) is 3.72. The van der Waals surface area contributed by atoms with Crippen molar-refractivity contribution in [1.29, 1.82) is 0 Å². The quantitative estimate of drug-likeness (QED) is 0.602. The lowest BCUT2D eigenvalue weighted by atomic mass is 9.86. The normalized spacial score (nSPS) is 12.2. The molecule has 1 rings (SSSR count). The molecule has 1 heterocycles. The number of hydrogen-bond acceptors (Lipinski definition) is 0. The molecule has 0 bridgehead atoms. The third kappa shape index (κ3) is 2.34. The van der Waals surface area contributed by atoms with Gasteiger partial charge in [-0.25, -0.2) is 4.57 Å². The van der Waals surface area contributed by atoms with E-state index in [9.17, 15) is 0 Å². The molecular weight excluding hydrogens is 170 g/mol. The van der Waals surface area contributed by atoms with Crippen LogP contribution in [0.2, 0.25) is 0 Å². The number of aromatic nitrogens is 1. The van der Waals surface area contributed by atoms with Crippen molar-refractivity contribution in [1.82, 2.24) is 0 Å². The fourth-order valence-corrected chi connectivity index (χ4v) is 1.63. The molecule has 1 heteroatoms. The lowest BCUT2D eigenvalue weighted by Crippen LogP contribution is -2.34. The van der Waals surface area contributed by atoms with Crippen LogP contribution in [0.1, 0.15) is 51.8 Å². The Kier molecular flexibility index (Phi) is 2.98. The molecule has 0 N–H and O–H groups in total. The van der Waals surface area contributed by atoms with Crippen LogP contribution in [0.15, 0.2) is 18.3 Å². The summed E-state index contributed by atoms with van der Waals surface area (Å²) in [6.45, 7) is 11.2. The molecule has 0 aliphatic heterocycles. The van der Waals surface area contributed by atoms with E-state index in [1.165, 1.54) is 11.3 Å². The zero-order valence-corrected chi connectivity index (χ0v) is 10.3. The third-order valence-electron chi connectivity index (χ3n) is 2.65. The van der Waals surface area contributed by atoms with Crippen LogP contribution in [0, 0.1) is 0 Å². The summed E-state index contributed by atoms with van der Waals surface area (Å²) in [5, 5.41) is 0. The summed E-state index contributed by atoms with van der Waals surface area (Å²) < 4.78 is 2.21. The van der Waals surface area contributed by atoms with Crippen molar-refractivity contribution in [2.75, 3.05) is 0 Å². The number of rotatable bonds is 1. The van der Waals surface area contributed by atoms with Gasteiger partial charge >= 0.3 is 0 Å². The highest BCUT2D eigenvalue weighted by atomic mass is 14.9. The van der Waals surface area contributed by atoms with Crippen molar-refractivity contribution in [3.63, 3.8) is 0 Å². The van der Waals surface area contributed by atoms with Crippen molar-refractivity contribution in [2.24, 2.45) is 7.05 Å². The fraction of sp³-hybridized carbons (Fsp3) is 0.615. The van der Waals surface area contributed by atoms with Crippen LogP contribution >= 0.6 is 0 Å². The van der Waals surface area contributed by atoms with Crippen LogP contribution in [-0.2, 0) is 12.5 Å². The molecular formula is C13H22N+. The summed E-state index contributed by atoms with van der Waals surface area (Å²) in [4.78, 5) is 0. The largest absolute Gasteiger partial charge is 0.205 e. The first-order chi connectivity index (χ1) is 6.32. The van der Waals surface area contributed by atoms with Gasteiger partial charge in [0.25, 0.3) is 0 Å². The highest BCUT2D eigenvalue weighted by Crippen LogP contribution is 2.23. The van der Waals surface area contributed by atoms with Crippen LogP contribution in [0.3, 0.4) is 0 Å². The summed E-state index contributed by atoms with van der Waals surface area (Å²) in [5.74, 6) is 0.585. The predicted octanol–water partition coefficient (Wildman–Crippen LogP) is 2.93. The zero-order chi connectivity index (χ0) is 10.9. The lowest BCUT2D eigenvalue weighted by molar-refractivity contribution is -0.680. The third-order valence-corrected chi connectivity index (χ3v) is 2.65. The van der Waals surface area contributed by atoms with E-state index in [0.717, 1.165) is 0 Å². The first-order valence-electron chi connectivity index (χ1n) is 5.32. The van der Waals surface area contributed by atoms with E-state index in [1.54, 1.807) is 0 Å². The minimum atomic E-state index is 0.248. The van der Waals surface area contributed by atoms with Crippen LogP contribution < -0.4 is 4.57 Å². The van der Waals surface area contributed by atoms with E-state index >= 15 is 0 Å². The molecule has 0 spiro atoms. The molecule has 0 saturated carbocycles. The van der Waals surface area contributed by atoms with Crippen LogP contribution in [0.5, 0.6) is 0 Å². The zero-order valence-electron chi connectivity index (χ0n) is 10.3. The molecule has 78 valence electrons. The summed E-state index contributed by atoms with van der Waals surface area (Å²) in [7, 11) is 2.11. The van der Waals surface area contributed by atoms with Gasteiger partial charge in [0.1, 0.15) is 7.05 Å². The molecule has 1 nitrogen and oxygen atoms in total. The Bertz CT molecular complexity index is 318. The number of nitrogens with zero attached hydrogens (tertiary/aromatic N) is 1. The van der Waals surface area contributed by atoms with Crippen molar-refractivity contribution in [2.45, 2.75) is 46.0 Å². The number of aryl methyl sites for hydroxylation is 1. The fourth-order valence-electron chi connectivity index (χ4n) is 1.63. The molecule has 0 atom stereocenters. The van der Waals surface area contributed by atoms with Gasteiger partial charge in [-0.3, -0.25) is 0 Å². The Morgan fingerprint density at radius 3 is 2.21 bits per heavy atom. The van der Waals surface area contributed by atoms with Crippen LogP contribution in [-0.4, -0.2) is 0 Å². The van der Waals surface area contributed by atoms with E-state index in [2.05, 4.69) is 64.6 Å². The van der Waals surface area contributed by atoms with E-state index in [-0.39, 0.29) is 5.41 Å². The second-order valence-corrected chi connectivity index (χ2v) is 5.36. The van der Waals surface area contributed by atoms with Crippen molar-refractivity contribution in [3.8, 4) is 0 Å². The summed E-state index contributed by atoms with van der Waals surface area (Å²) in [5.41, 5.74) is 3.06. The van der Waals surface area contributed by atoms with Gasteiger partial charge in [0.05, 0.1) is 0 Å². The number of pyridine rings is 1. The molecule has 0 amide bonds. The summed E-state index contributed by atoms with van der Waals surface area (Å²) in [6.07, 6.45) is 2.16. The first kappa shape index (κ1) is 11.2. The average molecular weight is 192 g/mol. The molecule has 0 saturated heterocycles. The van der Waals surface area contributed by atoms with Gasteiger partial charge in [-0.1, -0.05) is 34.6 Å². The van der Waals surface area contributed by atoms with Gasteiger partial charge in [0.15, 0.2) is 11.9 Å². The lowest BCUT2D eigenvalue weighted by Gasteiger charge is -2.19. The molecule has 1 aromatic rings. The van der Waals surface area contributed by atoms with E-state index in [1.807, 2.05) is 0 Å². The molecule has 14 heavy (non-hydrogen) atoms. The maximum absolute atomic E-state index is 2.32. The maximum Gasteiger partial charge on any atom is 0.183 e. The van der Waals surface area contributed by atoms with Gasteiger partial charge < -0.3 is 0 Å². The molecule has 0 aliphatic rings. The second-order valence-electron chi connectivity index (χ2n) is 5.36. The topological polar surface area (TPSA) is 3.88 Å². The first-order valence-corrected chi connectivity index (χ1v) is 5.32. The van der Waals surface area contributed by atoms with Gasteiger partial charge in [0, 0.05) is 18.1 Å². The van der Waals surface area contributed by atoms with Gasteiger partial charge in [-0.05, 0) is 11.0 Å². The Morgan fingerprint density at radius 1 is 1.21 bits per heavy atom. The summed E-state index contributed by atoms with van der Waals surface area (Å²) in [6, 6.07) is 4.54. The molecule has 1 aromatic heterocycles. The Balaban J connectivity index is 3.20. The molecule has 0 radical (unpaired) electrons. The van der Waals surface area contributed by atoms with Gasteiger partial charge in [-0.2, -0.15) is 0 Å². The smallest absolute Gasteiger partial charge is 0.183 e. The Hall–Kier alpha value is -0.850. The SMILES string of the molecule is CC(C)c1cc(C(C)(C)C)cc[n+]1C. The monoisotopic (exact) mass is 192 g/mol. The van der Waals surface area contributed by atoms with E-state index < -0.39 is 0 Å². The molecule has 0 aromatic carbocycles. The molecule has 0 unspecified atom stereocenters. The minimum Gasteiger partial charge on any atom is -0.205 e. The maximum atomic E-state index is 2.32. The van der Waals surface area contributed by atoms with Crippen molar-refractivity contribution >= 4 is 0 Å². The van der Waals surface area contributed by atoms with Gasteiger partial charge in [0.2, 0.25) is 0 Å². The van der Waals surface area contributed by atoms with Crippen molar-refractivity contribution in [3.05, 3.63) is 29.6 Å². The van der Waals surface area contributed by atoms with Crippen LogP contribution in [0.25, 0.3) is 0 Å². The minimum absolute atomic E-state index is 0.248. The van der Waals surface area contributed by atoms with Crippen molar-refractivity contribution < 1.29 is 4.57 Å². The molecule has 0 aliphatic carbocycles. The van der Waals surface area contributed by atoms with Crippen LogP contribution in [0.4, 0.5) is 0 Å². The van der Waals surface area contributed by atoms with E-state index in [4.69, 9.17) is 0 Å². The highest BCUT2D eigenvalue weighted by molar-refractivity contribution is 5.22. The molecule has 0 fully saturated rings.